The molecule has 0 atom stereocenters. The lowest BCUT2D eigenvalue weighted by Gasteiger charge is -2.05. The standard InChI is InChI=1S/C18H14N6OS/c25-16(23-13-5-4-8-19-9-13)11-26-18-15-10-22-24(17(15)20-12-21-18)14-6-2-1-3-7-14/h1-10,12H,11H2,(H,23,25). The Morgan fingerprint density at radius 2 is 1.96 bits per heavy atom. The monoisotopic (exact) mass is 362 g/mol. The molecule has 3 aromatic heterocycles. The highest BCUT2D eigenvalue weighted by Gasteiger charge is 2.13. The van der Waals surface area contributed by atoms with Crippen LogP contribution in [0.2, 0.25) is 0 Å². The third-order valence-corrected chi connectivity index (χ3v) is 4.62. The SMILES string of the molecule is O=C(CSc1ncnc2c1cnn2-c1ccccc1)Nc1cccnc1. The average molecular weight is 362 g/mol. The van der Waals surface area contributed by atoms with Crippen molar-refractivity contribution < 1.29 is 4.79 Å². The Hall–Kier alpha value is -3.26. The van der Waals surface area contributed by atoms with E-state index in [4.69, 9.17) is 0 Å². The molecular weight excluding hydrogens is 348 g/mol. The molecule has 128 valence electrons. The van der Waals surface area contributed by atoms with E-state index in [0.29, 0.717) is 11.3 Å². The Morgan fingerprint density at radius 3 is 2.77 bits per heavy atom. The van der Waals surface area contributed by atoms with Crippen LogP contribution in [0.5, 0.6) is 0 Å². The average Bonchev–Trinajstić information content (AvgIpc) is 3.12. The number of benzene rings is 1. The normalized spacial score (nSPS) is 10.8. The zero-order valence-corrected chi connectivity index (χ0v) is 14.4. The van der Waals surface area contributed by atoms with Gasteiger partial charge in [0.2, 0.25) is 5.91 Å². The van der Waals surface area contributed by atoms with Crippen LogP contribution in [-0.2, 0) is 4.79 Å². The Bertz CT molecular complexity index is 1040. The van der Waals surface area contributed by atoms with Crippen molar-refractivity contribution in [1.82, 2.24) is 24.7 Å². The van der Waals surface area contributed by atoms with E-state index in [9.17, 15) is 4.79 Å². The first-order valence-corrected chi connectivity index (χ1v) is 8.86. The van der Waals surface area contributed by atoms with Crippen LogP contribution >= 0.6 is 11.8 Å². The minimum Gasteiger partial charge on any atom is -0.324 e. The van der Waals surface area contributed by atoms with E-state index in [0.717, 1.165) is 16.1 Å². The molecule has 3 heterocycles. The van der Waals surface area contributed by atoms with E-state index in [1.807, 2.05) is 30.3 Å². The number of pyridine rings is 1. The van der Waals surface area contributed by atoms with Crippen LogP contribution in [0, 0.1) is 0 Å². The molecule has 26 heavy (non-hydrogen) atoms. The highest BCUT2D eigenvalue weighted by atomic mass is 32.2. The summed E-state index contributed by atoms with van der Waals surface area (Å²) in [5.74, 6) is 0.113. The molecule has 0 aliphatic heterocycles. The van der Waals surface area contributed by atoms with Crippen LogP contribution in [0.1, 0.15) is 0 Å². The van der Waals surface area contributed by atoms with Crippen LogP contribution in [0.3, 0.4) is 0 Å². The second-order valence-electron chi connectivity index (χ2n) is 5.39. The van der Waals surface area contributed by atoms with Crippen molar-refractivity contribution >= 4 is 34.4 Å². The van der Waals surface area contributed by atoms with Gasteiger partial charge in [-0.3, -0.25) is 9.78 Å². The number of nitrogens with zero attached hydrogens (tertiary/aromatic N) is 5. The molecule has 7 nitrogen and oxygen atoms in total. The van der Waals surface area contributed by atoms with Crippen molar-refractivity contribution in [2.45, 2.75) is 5.03 Å². The van der Waals surface area contributed by atoms with Gasteiger partial charge >= 0.3 is 0 Å². The summed E-state index contributed by atoms with van der Waals surface area (Å²) in [4.78, 5) is 24.7. The van der Waals surface area contributed by atoms with E-state index in [-0.39, 0.29) is 11.7 Å². The number of rotatable bonds is 5. The number of amides is 1. The molecule has 0 aliphatic rings. The summed E-state index contributed by atoms with van der Waals surface area (Å²) >= 11 is 1.35. The van der Waals surface area contributed by atoms with E-state index < -0.39 is 0 Å². The summed E-state index contributed by atoms with van der Waals surface area (Å²) < 4.78 is 1.76. The Morgan fingerprint density at radius 1 is 1.08 bits per heavy atom. The number of hydrogen-bond donors (Lipinski definition) is 1. The summed E-state index contributed by atoms with van der Waals surface area (Å²) in [6, 6.07) is 13.3. The summed E-state index contributed by atoms with van der Waals surface area (Å²) in [7, 11) is 0. The first-order chi connectivity index (χ1) is 12.8. The third-order valence-electron chi connectivity index (χ3n) is 3.62. The molecule has 0 spiro atoms. The van der Waals surface area contributed by atoms with Crippen molar-refractivity contribution in [3.05, 3.63) is 67.4 Å². The van der Waals surface area contributed by atoms with Gasteiger partial charge in [0, 0.05) is 6.20 Å². The summed E-state index contributed by atoms with van der Waals surface area (Å²) in [6.45, 7) is 0. The smallest absolute Gasteiger partial charge is 0.234 e. The van der Waals surface area contributed by atoms with Gasteiger partial charge in [0.15, 0.2) is 5.65 Å². The van der Waals surface area contributed by atoms with Crippen LogP contribution in [0.25, 0.3) is 16.7 Å². The fourth-order valence-corrected chi connectivity index (χ4v) is 3.22. The molecule has 1 aromatic carbocycles. The molecule has 1 amide bonds. The van der Waals surface area contributed by atoms with Gasteiger partial charge in [-0.1, -0.05) is 30.0 Å². The predicted molar refractivity (Wildman–Crippen MR) is 100 cm³/mol. The van der Waals surface area contributed by atoms with E-state index in [1.54, 1.807) is 35.4 Å². The number of anilines is 1. The van der Waals surface area contributed by atoms with Crippen molar-refractivity contribution in [1.29, 1.82) is 0 Å². The zero-order chi connectivity index (χ0) is 17.8. The van der Waals surface area contributed by atoms with Gasteiger partial charge in [-0.05, 0) is 24.3 Å². The molecule has 0 saturated heterocycles. The van der Waals surface area contributed by atoms with Gasteiger partial charge in [-0.25, -0.2) is 14.6 Å². The molecule has 0 fully saturated rings. The molecule has 0 unspecified atom stereocenters. The number of carbonyl (C=O) groups is 1. The number of nitrogens with one attached hydrogen (secondary N) is 1. The van der Waals surface area contributed by atoms with Gasteiger partial charge in [-0.2, -0.15) is 5.10 Å². The molecule has 8 heteroatoms. The van der Waals surface area contributed by atoms with Crippen LogP contribution in [0.4, 0.5) is 5.69 Å². The van der Waals surface area contributed by atoms with Crippen molar-refractivity contribution in [3.8, 4) is 5.69 Å². The molecule has 1 N–H and O–H groups in total. The van der Waals surface area contributed by atoms with Gasteiger partial charge in [0.25, 0.3) is 0 Å². The molecular formula is C18H14N6OS. The summed E-state index contributed by atoms with van der Waals surface area (Å²) in [5.41, 5.74) is 2.30. The molecule has 0 aliphatic carbocycles. The largest absolute Gasteiger partial charge is 0.324 e. The number of para-hydroxylation sites is 1. The highest BCUT2D eigenvalue weighted by Crippen LogP contribution is 2.25. The maximum atomic E-state index is 12.1. The number of aromatic nitrogens is 5. The quantitative estimate of drug-likeness (QED) is 0.434. The highest BCUT2D eigenvalue weighted by molar-refractivity contribution is 8.00. The number of thioether (sulfide) groups is 1. The Balaban J connectivity index is 1.52. The van der Waals surface area contributed by atoms with Gasteiger partial charge in [-0.15, -0.1) is 0 Å². The van der Waals surface area contributed by atoms with Crippen molar-refractivity contribution in [2.75, 3.05) is 11.1 Å². The third kappa shape index (κ3) is 3.40. The first-order valence-electron chi connectivity index (χ1n) is 7.88. The minimum atomic E-state index is -0.120. The molecule has 0 radical (unpaired) electrons. The Kier molecular flexibility index (Phi) is 4.57. The number of hydrogen-bond acceptors (Lipinski definition) is 6. The van der Waals surface area contributed by atoms with E-state index in [1.165, 1.54) is 18.1 Å². The lowest BCUT2D eigenvalue weighted by molar-refractivity contribution is -0.113. The van der Waals surface area contributed by atoms with Crippen LogP contribution in [0.15, 0.2) is 72.4 Å². The van der Waals surface area contributed by atoms with Crippen LogP contribution in [-0.4, -0.2) is 36.4 Å². The fraction of sp³-hybridized carbons (Fsp3) is 0.0556. The number of fused-ring (bicyclic) bond motifs is 1. The fourth-order valence-electron chi connectivity index (χ4n) is 2.46. The van der Waals surface area contributed by atoms with E-state index in [2.05, 4.69) is 25.4 Å². The first kappa shape index (κ1) is 16.2. The maximum absolute atomic E-state index is 12.1. The second-order valence-corrected chi connectivity index (χ2v) is 6.35. The Labute approximate surface area is 153 Å². The molecule has 4 rings (SSSR count). The molecule has 0 saturated carbocycles. The second kappa shape index (κ2) is 7.32. The van der Waals surface area contributed by atoms with Crippen molar-refractivity contribution in [3.63, 3.8) is 0 Å². The van der Waals surface area contributed by atoms with E-state index >= 15 is 0 Å². The minimum absolute atomic E-state index is 0.120. The topological polar surface area (TPSA) is 85.6 Å². The van der Waals surface area contributed by atoms with Gasteiger partial charge in [0.05, 0.1) is 34.9 Å². The predicted octanol–water partition coefficient (Wildman–Crippen LogP) is 2.94. The molecule has 0 bridgehead atoms. The number of carbonyl (C=O) groups excluding carboxylic acids is 1. The van der Waals surface area contributed by atoms with Crippen LogP contribution < -0.4 is 5.32 Å². The lowest BCUT2D eigenvalue weighted by Crippen LogP contribution is -2.14. The summed E-state index contributed by atoms with van der Waals surface area (Å²) in [5, 5.41) is 8.75. The lowest BCUT2D eigenvalue weighted by atomic mass is 10.3. The van der Waals surface area contributed by atoms with Gasteiger partial charge in [0.1, 0.15) is 11.4 Å². The van der Waals surface area contributed by atoms with Crippen molar-refractivity contribution in [2.24, 2.45) is 0 Å². The summed E-state index contributed by atoms with van der Waals surface area (Å²) in [6.07, 6.45) is 6.48. The molecule has 4 aromatic rings. The zero-order valence-electron chi connectivity index (χ0n) is 13.6. The maximum Gasteiger partial charge on any atom is 0.234 e. The van der Waals surface area contributed by atoms with Gasteiger partial charge < -0.3 is 5.32 Å².